The number of rotatable bonds is 4. The molecule has 0 aliphatic rings. The van der Waals surface area contributed by atoms with Crippen LogP contribution in [-0.2, 0) is 7.05 Å². The van der Waals surface area contributed by atoms with Gasteiger partial charge in [0.1, 0.15) is 11.6 Å². The first-order chi connectivity index (χ1) is 13.4. The summed E-state index contributed by atoms with van der Waals surface area (Å²) in [6.45, 7) is 1.73. The molecule has 28 heavy (non-hydrogen) atoms. The third kappa shape index (κ3) is 4.16. The Labute approximate surface area is 165 Å². The number of nitrogens with zero attached hydrogens (tertiary/aromatic N) is 1. The Morgan fingerprint density at radius 2 is 1.71 bits per heavy atom. The Hall–Kier alpha value is -2.90. The summed E-state index contributed by atoms with van der Waals surface area (Å²) in [6, 6.07) is 12.8. The lowest BCUT2D eigenvalue weighted by Gasteiger charge is -2.10. The van der Waals surface area contributed by atoms with E-state index >= 15 is 0 Å². The highest BCUT2D eigenvalue weighted by atomic mass is 32.2. The van der Waals surface area contributed by atoms with Gasteiger partial charge < -0.3 is 5.10 Å². The zero-order chi connectivity index (χ0) is 20.3. The summed E-state index contributed by atoms with van der Waals surface area (Å²) in [4.78, 5) is 13.8. The van der Waals surface area contributed by atoms with Crippen LogP contribution in [0.1, 0.15) is 21.5 Å². The molecular weight excluding hydrogens is 380 g/mol. The van der Waals surface area contributed by atoms with Gasteiger partial charge in [-0.25, -0.2) is 8.78 Å². The van der Waals surface area contributed by atoms with Crippen molar-refractivity contribution in [1.29, 1.82) is 0 Å². The molecule has 0 saturated carbocycles. The van der Waals surface area contributed by atoms with Crippen molar-refractivity contribution >= 4 is 17.7 Å². The van der Waals surface area contributed by atoms with Gasteiger partial charge in [-0.1, -0.05) is 18.2 Å². The first-order valence-electron chi connectivity index (χ1n) is 8.46. The molecule has 0 saturated heterocycles. The van der Waals surface area contributed by atoms with Crippen molar-refractivity contribution in [2.75, 3.05) is 0 Å². The van der Waals surface area contributed by atoms with E-state index < -0.39 is 23.0 Å². The smallest absolute Gasteiger partial charge is 0.200 e. The van der Waals surface area contributed by atoms with E-state index in [-0.39, 0.29) is 5.56 Å². The Bertz CT molecular complexity index is 1050. The fraction of sp³-hybridized carbons (Fsp3) is 0.0952. The molecule has 0 radical (unpaired) electrons. The van der Waals surface area contributed by atoms with E-state index in [0.29, 0.717) is 5.56 Å². The van der Waals surface area contributed by atoms with Crippen LogP contribution in [0.4, 0.5) is 8.78 Å². The van der Waals surface area contributed by atoms with Gasteiger partial charge in [0, 0.05) is 29.9 Å². The molecule has 0 aliphatic heterocycles. The van der Waals surface area contributed by atoms with Crippen molar-refractivity contribution < 1.29 is 13.6 Å². The van der Waals surface area contributed by atoms with E-state index in [4.69, 9.17) is 5.14 Å². The van der Waals surface area contributed by atoms with Gasteiger partial charge in [-0.3, -0.25) is 14.6 Å². The summed E-state index contributed by atoms with van der Waals surface area (Å²) in [6.07, 6.45) is 3.30. The van der Waals surface area contributed by atoms with Gasteiger partial charge in [-0.15, -0.1) is 0 Å². The molecular formula is C21H19F2N3OS. The summed E-state index contributed by atoms with van der Waals surface area (Å²) < 4.78 is 29.8. The summed E-state index contributed by atoms with van der Waals surface area (Å²) in [5.74, 6) is -2.50. The van der Waals surface area contributed by atoms with Crippen LogP contribution in [0.3, 0.4) is 0 Å². The van der Waals surface area contributed by atoms with Gasteiger partial charge in [0.05, 0.1) is 5.56 Å². The van der Waals surface area contributed by atoms with Crippen LogP contribution in [0, 0.1) is 18.6 Å². The summed E-state index contributed by atoms with van der Waals surface area (Å²) in [5.41, 5.74) is 1.93. The van der Waals surface area contributed by atoms with Crippen molar-refractivity contribution in [3.8, 4) is 11.1 Å². The number of aromatic nitrogens is 2. The second-order valence-electron chi connectivity index (χ2n) is 6.28. The number of carbonyl (C=O) groups is 1. The van der Waals surface area contributed by atoms with E-state index in [9.17, 15) is 13.6 Å². The molecule has 0 atom stereocenters. The summed E-state index contributed by atoms with van der Waals surface area (Å²) in [7, 11) is 1.76. The van der Waals surface area contributed by atoms with E-state index in [1.165, 1.54) is 12.3 Å². The molecule has 0 fully saturated rings. The minimum Gasteiger partial charge on any atom is -0.306 e. The number of nitrogens with two attached hydrogens (primary N) is 1. The Morgan fingerprint density at radius 1 is 1.07 bits per heavy atom. The van der Waals surface area contributed by atoms with Crippen LogP contribution < -0.4 is 5.14 Å². The van der Waals surface area contributed by atoms with Crippen LogP contribution in [0.25, 0.3) is 11.1 Å². The minimum absolute atomic E-state index is 0.176. The highest BCUT2D eigenvalue weighted by molar-refractivity contribution is 7.97. The number of H-pyrrole nitrogens is 1. The van der Waals surface area contributed by atoms with E-state index in [0.717, 1.165) is 40.1 Å². The number of hydrogen-bond donors (Lipinski definition) is 2. The first kappa shape index (κ1) is 19.9. The number of ketones is 1. The quantitative estimate of drug-likeness (QED) is 0.483. The average Bonchev–Trinajstić information content (AvgIpc) is 2.66. The molecule has 0 spiro atoms. The molecule has 0 bridgehead atoms. The van der Waals surface area contributed by atoms with E-state index in [2.05, 4.69) is 5.10 Å². The molecule has 0 amide bonds. The van der Waals surface area contributed by atoms with Crippen LogP contribution in [0.2, 0.25) is 0 Å². The predicted octanol–water partition coefficient (Wildman–Crippen LogP) is 4.93. The molecule has 1 heterocycles. The summed E-state index contributed by atoms with van der Waals surface area (Å²) >= 11 is 1.15. The van der Waals surface area contributed by atoms with Crippen LogP contribution in [0.5, 0.6) is 0 Å². The normalized spacial score (nSPS) is 10.6. The largest absolute Gasteiger partial charge is 0.306 e. The lowest BCUT2D eigenvalue weighted by molar-refractivity contribution is 0.103. The molecule has 0 aliphatic carbocycles. The Morgan fingerprint density at radius 3 is 2.32 bits per heavy atom. The maximum atomic E-state index is 14.1. The SMILES string of the molecule is Cc1cc(-c2ccc(SN)cc2)cn(C)[nH]cc1C(=O)c1c(F)cccc1F. The van der Waals surface area contributed by atoms with Crippen LogP contribution >= 0.6 is 11.9 Å². The number of aryl methyl sites for hydroxylation is 2. The first-order valence-corrected chi connectivity index (χ1v) is 9.34. The van der Waals surface area contributed by atoms with Gasteiger partial charge in [-0.05, 0) is 65.9 Å². The standard InChI is InChI=1S/C21H19F2N3OS/c1-13-10-15(14-6-8-16(28-24)9-7-14)12-26(2)25-11-17(13)21(27)20-18(22)4-3-5-19(20)23/h3-12,25H,24H2,1-2H3. The molecule has 144 valence electrons. The molecule has 3 N–H and O–H groups in total. The molecule has 2 aromatic carbocycles. The zero-order valence-corrected chi connectivity index (χ0v) is 16.2. The van der Waals surface area contributed by atoms with E-state index in [1.807, 2.05) is 36.5 Å². The lowest BCUT2D eigenvalue weighted by Crippen LogP contribution is -2.10. The lowest BCUT2D eigenvalue weighted by atomic mass is 9.99. The Kier molecular flexibility index (Phi) is 5.96. The molecule has 3 aromatic rings. The summed E-state index contributed by atoms with van der Waals surface area (Å²) in [5, 5.41) is 8.51. The molecule has 4 nitrogen and oxygen atoms in total. The highest BCUT2D eigenvalue weighted by Crippen LogP contribution is 2.24. The maximum absolute atomic E-state index is 14.1. The number of carbonyl (C=O) groups excluding carboxylic acids is 1. The zero-order valence-electron chi connectivity index (χ0n) is 15.4. The number of benzene rings is 2. The number of aromatic amines is 1. The topological polar surface area (TPSA) is 63.8 Å². The Balaban J connectivity index is 2.16. The maximum Gasteiger partial charge on any atom is 0.200 e. The van der Waals surface area contributed by atoms with Gasteiger partial charge >= 0.3 is 0 Å². The molecule has 7 heteroatoms. The molecule has 3 rings (SSSR count). The van der Waals surface area contributed by atoms with Gasteiger partial charge in [-0.2, -0.15) is 0 Å². The van der Waals surface area contributed by atoms with Crippen molar-refractivity contribution in [2.45, 2.75) is 11.8 Å². The van der Waals surface area contributed by atoms with Gasteiger partial charge in [0.2, 0.25) is 5.78 Å². The highest BCUT2D eigenvalue weighted by Gasteiger charge is 2.20. The third-order valence-electron chi connectivity index (χ3n) is 4.30. The third-order valence-corrected chi connectivity index (χ3v) is 4.84. The number of halogens is 2. The molecule has 1 aromatic heterocycles. The van der Waals surface area contributed by atoms with Crippen LogP contribution in [-0.4, -0.2) is 15.6 Å². The van der Waals surface area contributed by atoms with Crippen molar-refractivity contribution in [3.05, 3.63) is 89.2 Å². The van der Waals surface area contributed by atoms with Crippen molar-refractivity contribution in [2.24, 2.45) is 12.2 Å². The number of hydrogen-bond acceptors (Lipinski definition) is 3. The monoisotopic (exact) mass is 399 g/mol. The predicted molar refractivity (Wildman–Crippen MR) is 107 cm³/mol. The van der Waals surface area contributed by atoms with Crippen molar-refractivity contribution in [1.82, 2.24) is 9.78 Å². The molecule has 0 unspecified atom stereocenters. The van der Waals surface area contributed by atoms with Crippen LogP contribution in [0.15, 0.2) is 65.8 Å². The second-order valence-corrected chi connectivity index (χ2v) is 6.98. The second kappa shape index (κ2) is 8.41. The minimum atomic E-state index is -0.889. The van der Waals surface area contributed by atoms with Crippen molar-refractivity contribution in [3.63, 3.8) is 0 Å². The van der Waals surface area contributed by atoms with E-state index in [1.54, 1.807) is 18.7 Å². The van der Waals surface area contributed by atoms with Gasteiger partial charge in [0.25, 0.3) is 0 Å². The fourth-order valence-electron chi connectivity index (χ4n) is 2.85. The number of nitrogens with one attached hydrogen (secondary N) is 1. The average molecular weight is 399 g/mol. The fourth-order valence-corrected chi connectivity index (χ4v) is 3.15. The van der Waals surface area contributed by atoms with Gasteiger partial charge in [0.15, 0.2) is 0 Å².